The predicted octanol–water partition coefficient (Wildman–Crippen LogP) is 2.80. The molecule has 16 nitrogen and oxygen atoms in total. The van der Waals surface area contributed by atoms with Crippen LogP contribution in [0.15, 0.2) is 5.16 Å². The van der Waals surface area contributed by atoms with Gasteiger partial charge in [0.1, 0.15) is 23.9 Å². The first kappa shape index (κ1) is 50.1. The molecule has 3 heterocycles. The van der Waals surface area contributed by atoms with Crippen LogP contribution in [-0.4, -0.2) is 167 Å². The van der Waals surface area contributed by atoms with E-state index in [0.29, 0.717) is 12.1 Å². The molecule has 18 atom stereocenters. The number of hydrogen-bond donors (Lipinski definition) is 5. The predicted molar refractivity (Wildman–Crippen MR) is 211 cm³/mol. The molecule has 0 amide bonds. The second-order valence-corrected chi connectivity index (χ2v) is 17.8. The number of alkyl halides is 1. The Kier molecular flexibility index (Phi) is 18.5. The van der Waals surface area contributed by atoms with Crippen molar-refractivity contribution in [2.45, 2.75) is 179 Å². The van der Waals surface area contributed by atoms with Crippen LogP contribution < -0.4 is 0 Å². The number of likely N-dealkylation sites (N-methyl/N-ethyl adjacent to an activating group) is 1. The highest BCUT2D eigenvalue weighted by Crippen LogP contribution is 2.41. The van der Waals surface area contributed by atoms with Gasteiger partial charge in [0, 0.05) is 43.2 Å². The molecule has 17 heteroatoms. The number of aliphatic hydroxyl groups is 5. The summed E-state index contributed by atoms with van der Waals surface area (Å²) in [6.07, 6.45) is -9.50. The third-order valence-electron chi connectivity index (χ3n) is 12.4. The number of esters is 1. The molecule has 0 unspecified atom stereocenters. The zero-order chi connectivity index (χ0) is 43.2. The van der Waals surface area contributed by atoms with Crippen molar-refractivity contribution < 1.29 is 68.3 Å². The molecular formula is C40H73ClN2O14. The number of aliphatic hydroxyl groups excluding tert-OH is 3. The maximum Gasteiger partial charge on any atom is 0.311 e. The maximum atomic E-state index is 14.3. The van der Waals surface area contributed by atoms with Crippen molar-refractivity contribution in [2.75, 3.05) is 40.5 Å². The molecule has 57 heavy (non-hydrogen) atoms. The molecule has 0 spiro atoms. The quantitative estimate of drug-likeness (QED) is 0.0630. The second kappa shape index (κ2) is 21.0. The number of oxime groups is 1. The molecule has 3 aliphatic rings. The maximum absolute atomic E-state index is 14.3. The van der Waals surface area contributed by atoms with E-state index in [-0.39, 0.29) is 50.7 Å². The first-order valence-electron chi connectivity index (χ1n) is 20.3. The molecule has 0 bridgehead atoms. The van der Waals surface area contributed by atoms with Crippen LogP contribution in [-0.2, 0) is 42.8 Å². The van der Waals surface area contributed by atoms with Gasteiger partial charge in [-0.05, 0) is 74.9 Å². The van der Waals surface area contributed by atoms with E-state index in [4.69, 9.17) is 49.6 Å². The lowest BCUT2D eigenvalue weighted by molar-refractivity contribution is -0.317. The minimum atomic E-state index is -1.97. The molecule has 0 aromatic carbocycles. The van der Waals surface area contributed by atoms with Gasteiger partial charge in [0.2, 0.25) is 6.79 Å². The molecule has 0 saturated carbocycles. The number of ether oxygens (including phenoxy) is 7. The molecule has 5 N–H and O–H groups in total. The lowest BCUT2D eigenvalue weighted by Crippen LogP contribution is -2.61. The van der Waals surface area contributed by atoms with Gasteiger partial charge in [-0.15, -0.1) is 11.6 Å². The van der Waals surface area contributed by atoms with Gasteiger partial charge in [-0.3, -0.25) is 4.79 Å². The summed E-state index contributed by atoms with van der Waals surface area (Å²) < 4.78 is 43.0. The number of carbonyl (C=O) groups excluding carboxylic acids is 1. The Morgan fingerprint density at radius 1 is 0.947 bits per heavy atom. The third kappa shape index (κ3) is 12.0. The van der Waals surface area contributed by atoms with Crippen molar-refractivity contribution in [3.05, 3.63) is 0 Å². The van der Waals surface area contributed by atoms with E-state index < -0.39 is 102 Å². The number of methoxy groups -OCH3 is 1. The molecule has 3 aliphatic heterocycles. The molecule has 3 rings (SSSR count). The van der Waals surface area contributed by atoms with Crippen LogP contribution in [0, 0.1) is 23.7 Å². The fraction of sp³-hybridized carbons (Fsp3) is 0.950. The lowest BCUT2D eigenvalue weighted by atomic mass is 9.73. The topological polar surface area (TPSA) is 208 Å². The summed E-state index contributed by atoms with van der Waals surface area (Å²) in [5.74, 6) is -3.90. The Labute approximate surface area is 344 Å². The van der Waals surface area contributed by atoms with E-state index in [1.165, 1.54) is 14.0 Å². The van der Waals surface area contributed by atoms with Crippen LogP contribution in [0.3, 0.4) is 0 Å². The second-order valence-electron chi connectivity index (χ2n) is 17.4. The van der Waals surface area contributed by atoms with Crippen LogP contribution in [0.2, 0.25) is 0 Å². The van der Waals surface area contributed by atoms with Crippen molar-refractivity contribution in [2.24, 2.45) is 28.8 Å². The largest absolute Gasteiger partial charge is 0.459 e. The summed E-state index contributed by atoms with van der Waals surface area (Å²) in [7, 11) is 5.21. The number of hydrogen-bond acceptors (Lipinski definition) is 16. The molecule has 0 aliphatic carbocycles. The minimum absolute atomic E-state index is 0.0327. The van der Waals surface area contributed by atoms with Crippen LogP contribution in [0.4, 0.5) is 0 Å². The molecule has 0 aromatic heterocycles. The lowest BCUT2D eigenvalue weighted by Gasteiger charge is -2.49. The fourth-order valence-corrected chi connectivity index (χ4v) is 8.95. The van der Waals surface area contributed by atoms with Gasteiger partial charge in [-0.1, -0.05) is 32.9 Å². The van der Waals surface area contributed by atoms with Gasteiger partial charge in [0.25, 0.3) is 0 Å². The third-order valence-corrected chi connectivity index (χ3v) is 12.5. The van der Waals surface area contributed by atoms with E-state index in [0.717, 1.165) is 0 Å². The van der Waals surface area contributed by atoms with E-state index in [2.05, 4.69) is 5.16 Å². The van der Waals surface area contributed by atoms with Crippen LogP contribution in [0.25, 0.3) is 0 Å². The highest BCUT2D eigenvalue weighted by Gasteiger charge is 2.53. The highest BCUT2D eigenvalue weighted by atomic mass is 35.5. The van der Waals surface area contributed by atoms with Crippen LogP contribution in [0.1, 0.15) is 94.9 Å². The fourth-order valence-electron chi connectivity index (χ4n) is 8.85. The van der Waals surface area contributed by atoms with Crippen molar-refractivity contribution in [1.29, 1.82) is 0 Å². The summed E-state index contributed by atoms with van der Waals surface area (Å²) >= 11 is 5.75. The first-order valence-corrected chi connectivity index (χ1v) is 20.9. The molecule has 0 aromatic rings. The number of halogens is 1. The van der Waals surface area contributed by atoms with Gasteiger partial charge in [0.15, 0.2) is 12.6 Å². The smallest absolute Gasteiger partial charge is 0.311 e. The summed E-state index contributed by atoms with van der Waals surface area (Å²) in [4.78, 5) is 21.7. The average molecular weight is 841 g/mol. The zero-order valence-electron chi connectivity index (χ0n) is 36.3. The van der Waals surface area contributed by atoms with Gasteiger partial charge >= 0.3 is 5.97 Å². The highest BCUT2D eigenvalue weighted by molar-refractivity contribution is 6.17. The Hall–Kier alpha value is -1.25. The van der Waals surface area contributed by atoms with Crippen LogP contribution in [0.5, 0.6) is 0 Å². The van der Waals surface area contributed by atoms with Gasteiger partial charge in [-0.2, -0.15) is 0 Å². The molecule has 334 valence electrons. The normalized spacial score (nSPS) is 46.4. The van der Waals surface area contributed by atoms with Crippen molar-refractivity contribution in [3.8, 4) is 0 Å². The number of carbonyl (C=O) groups is 1. The van der Waals surface area contributed by atoms with Gasteiger partial charge in [0.05, 0.1) is 60.0 Å². The monoisotopic (exact) mass is 840 g/mol. The Morgan fingerprint density at radius 3 is 2.18 bits per heavy atom. The van der Waals surface area contributed by atoms with E-state index in [1.54, 1.807) is 55.4 Å². The molecule has 3 fully saturated rings. The number of nitrogens with zero attached hydrogens (tertiary/aromatic N) is 2. The van der Waals surface area contributed by atoms with E-state index in [9.17, 15) is 30.3 Å². The minimum Gasteiger partial charge on any atom is -0.459 e. The van der Waals surface area contributed by atoms with E-state index >= 15 is 0 Å². The molecule has 0 radical (unpaired) electrons. The van der Waals surface area contributed by atoms with Crippen molar-refractivity contribution in [1.82, 2.24) is 4.90 Å². The Balaban J connectivity index is 2.23. The summed E-state index contributed by atoms with van der Waals surface area (Å²) in [5.41, 5.74) is -4.50. The van der Waals surface area contributed by atoms with Crippen molar-refractivity contribution >= 4 is 23.3 Å². The molecular weight excluding hydrogens is 768 g/mol. The first-order chi connectivity index (χ1) is 26.5. The summed E-state index contributed by atoms with van der Waals surface area (Å²) in [6.45, 7) is 16.9. The Bertz CT molecular complexity index is 1290. The average Bonchev–Trinajstić information content (AvgIpc) is 3.14. The van der Waals surface area contributed by atoms with Crippen LogP contribution >= 0.6 is 11.6 Å². The van der Waals surface area contributed by atoms with Gasteiger partial charge < -0.3 is 68.4 Å². The molecule has 3 saturated heterocycles. The number of rotatable bonds is 12. The number of cyclic esters (lactones) is 1. The Morgan fingerprint density at radius 2 is 1.60 bits per heavy atom. The SMILES string of the molecule is CC[C@H]1OC(=O)[C@H](C)[C@@H](O[C@H]2C[C@@](C)(OC)[C@@H](O)[C@H](C)O2)[C@H](C)[C@@H](O[C@@H]2O[C@H](C)C[C@H](N(C)C)[C@H]2O)[C@](C)(O)C[C@@H](C)/C(=N\OCOCCCl)[C@H](C)[C@@H](O)[C@]1(C)O. The van der Waals surface area contributed by atoms with Crippen molar-refractivity contribution in [3.63, 3.8) is 0 Å². The van der Waals surface area contributed by atoms with E-state index in [1.807, 2.05) is 25.9 Å². The summed E-state index contributed by atoms with van der Waals surface area (Å²) in [6, 6.07) is -0.328. The van der Waals surface area contributed by atoms with Gasteiger partial charge in [-0.25, -0.2) is 0 Å². The summed E-state index contributed by atoms with van der Waals surface area (Å²) in [5, 5.41) is 63.4. The standard InChI is InChI=1S/C40H73ClN2O14/c1-14-28-40(10,49)33(45)23(4)30(42-52-20-51-16-15-41)21(2)18-38(8,48)35(57-37-31(44)27(43(11)12)17-22(3)53-37)24(5)32(25(6)36(47)55-28)56-29-19-39(9,50-13)34(46)26(7)54-29/h21-29,31-35,37,44-46,48-49H,14-20H2,1-13H3/b42-30+/t21-,22-,23+,24+,25-,26+,27+,28-,29+,31-,32+,33-,34+,35-,37+,38-,39-,40-/m1/s1. The zero-order valence-corrected chi connectivity index (χ0v) is 37.0.